The average molecular weight is 172 g/mol. The van der Waals surface area contributed by atoms with Crippen LogP contribution in [0.4, 0.5) is 0 Å². The third kappa shape index (κ3) is 0.716. The first-order valence-electron chi connectivity index (χ1n) is 4.04. The molecule has 1 atom stereocenters. The molecule has 3 fully saturated rings. The minimum atomic E-state index is -0.837. The minimum absolute atomic E-state index is 0.193. The fraction of sp³-hybridized carbons (Fsp3) is 0.875. The van der Waals surface area contributed by atoms with Gasteiger partial charge in [-0.25, -0.2) is 0 Å². The molecule has 0 amide bonds. The summed E-state index contributed by atoms with van der Waals surface area (Å²) in [6.07, 6.45) is 0.584. The molecule has 0 aromatic heterocycles. The average Bonchev–Trinajstić information content (AvgIpc) is 2.36. The normalized spacial score (nSPS) is 50.3. The van der Waals surface area contributed by atoms with Crippen LogP contribution < -0.4 is 0 Å². The first-order chi connectivity index (χ1) is 5.52. The molecule has 0 aromatic carbocycles. The van der Waals surface area contributed by atoms with Gasteiger partial charge in [-0.2, -0.15) is 0 Å². The minimum Gasteiger partial charge on any atom is -0.481 e. The number of aliphatic hydroxyl groups excluding tert-OH is 1. The summed E-state index contributed by atoms with van der Waals surface area (Å²) in [4.78, 5) is 10.9. The summed E-state index contributed by atoms with van der Waals surface area (Å²) in [5.74, 6) is -0.837. The summed E-state index contributed by atoms with van der Waals surface area (Å²) in [6, 6.07) is 0. The van der Waals surface area contributed by atoms with Gasteiger partial charge in [0.25, 0.3) is 0 Å². The summed E-state index contributed by atoms with van der Waals surface area (Å²) in [5.41, 5.74) is -1.07. The van der Waals surface area contributed by atoms with E-state index in [0.717, 1.165) is 0 Å². The fourth-order valence-corrected chi connectivity index (χ4v) is 2.55. The van der Waals surface area contributed by atoms with Gasteiger partial charge in [-0.05, 0) is 19.8 Å². The maximum absolute atomic E-state index is 10.9. The molecule has 0 radical (unpaired) electrons. The molecule has 0 aromatic rings. The van der Waals surface area contributed by atoms with Crippen LogP contribution in [0.2, 0.25) is 0 Å². The zero-order valence-electron chi connectivity index (χ0n) is 6.91. The van der Waals surface area contributed by atoms with Gasteiger partial charge in [0, 0.05) is 0 Å². The Morgan fingerprint density at radius 2 is 2.25 bits per heavy atom. The Hall–Kier alpha value is -0.610. The number of hydrogen-bond donors (Lipinski definition) is 2. The van der Waals surface area contributed by atoms with Crippen LogP contribution in [-0.2, 0) is 9.53 Å². The summed E-state index contributed by atoms with van der Waals surface area (Å²) >= 11 is 0. The molecule has 0 spiro atoms. The summed E-state index contributed by atoms with van der Waals surface area (Å²) in [7, 11) is 0. The van der Waals surface area contributed by atoms with E-state index in [4.69, 9.17) is 14.9 Å². The summed E-state index contributed by atoms with van der Waals surface area (Å²) in [5, 5.41) is 17.8. The molecule has 3 rings (SSSR count). The maximum atomic E-state index is 10.9. The number of fused-ring (bicyclic) bond motifs is 1. The first-order valence-corrected chi connectivity index (χ1v) is 4.04. The lowest BCUT2D eigenvalue weighted by molar-refractivity contribution is -0.155. The van der Waals surface area contributed by atoms with Crippen molar-refractivity contribution in [2.45, 2.75) is 31.5 Å². The van der Waals surface area contributed by atoms with Gasteiger partial charge in [0.1, 0.15) is 5.41 Å². The molecule has 1 unspecified atom stereocenters. The van der Waals surface area contributed by atoms with Crippen molar-refractivity contribution in [3.8, 4) is 0 Å². The smallest absolute Gasteiger partial charge is 0.312 e. The molecular weight excluding hydrogens is 160 g/mol. The summed E-state index contributed by atoms with van der Waals surface area (Å²) in [6.45, 7) is 1.70. The largest absolute Gasteiger partial charge is 0.481 e. The Bertz CT molecular complexity index is 229. The van der Waals surface area contributed by atoms with Crippen molar-refractivity contribution < 1.29 is 19.7 Å². The van der Waals surface area contributed by atoms with E-state index in [9.17, 15) is 4.79 Å². The van der Waals surface area contributed by atoms with Crippen molar-refractivity contribution in [3.05, 3.63) is 0 Å². The summed E-state index contributed by atoms with van der Waals surface area (Å²) < 4.78 is 5.41. The number of rotatable bonds is 2. The third-order valence-corrected chi connectivity index (χ3v) is 3.01. The monoisotopic (exact) mass is 172 g/mol. The number of carboxylic acid groups (broad SMARTS) is 1. The second-order valence-corrected chi connectivity index (χ2v) is 4.05. The number of aliphatic hydroxyl groups is 1. The van der Waals surface area contributed by atoms with Crippen LogP contribution in [0, 0.1) is 5.41 Å². The fourth-order valence-electron chi connectivity index (χ4n) is 2.55. The van der Waals surface area contributed by atoms with Gasteiger partial charge in [-0.1, -0.05) is 0 Å². The number of hydrogen-bond acceptors (Lipinski definition) is 3. The Balaban J connectivity index is 2.25. The predicted molar refractivity (Wildman–Crippen MR) is 39.7 cm³/mol. The molecule has 2 heterocycles. The number of ether oxygens (including phenoxy) is 1. The van der Waals surface area contributed by atoms with Crippen LogP contribution in [0.1, 0.15) is 19.8 Å². The zero-order chi connectivity index (χ0) is 8.98. The second-order valence-electron chi connectivity index (χ2n) is 4.05. The topological polar surface area (TPSA) is 66.8 Å². The van der Waals surface area contributed by atoms with Gasteiger partial charge < -0.3 is 14.9 Å². The van der Waals surface area contributed by atoms with E-state index in [1.54, 1.807) is 0 Å². The maximum Gasteiger partial charge on any atom is 0.312 e. The predicted octanol–water partition coefficient (Wildman–Crippen LogP) is 0.001000. The lowest BCUT2D eigenvalue weighted by Crippen LogP contribution is -2.49. The van der Waals surface area contributed by atoms with Crippen LogP contribution in [0.15, 0.2) is 0 Å². The Morgan fingerprint density at radius 3 is 2.58 bits per heavy atom. The van der Waals surface area contributed by atoms with E-state index < -0.39 is 17.5 Å². The molecule has 2 bridgehead atoms. The Morgan fingerprint density at radius 1 is 1.67 bits per heavy atom. The molecule has 2 N–H and O–H groups in total. The Kier molecular flexibility index (Phi) is 1.34. The van der Waals surface area contributed by atoms with Gasteiger partial charge in [-0.3, -0.25) is 4.79 Å². The van der Waals surface area contributed by atoms with E-state index in [0.29, 0.717) is 12.8 Å². The van der Waals surface area contributed by atoms with Gasteiger partial charge in [0.05, 0.1) is 18.3 Å². The zero-order valence-corrected chi connectivity index (χ0v) is 6.91. The second kappa shape index (κ2) is 2.00. The van der Waals surface area contributed by atoms with Crippen molar-refractivity contribution >= 4 is 5.97 Å². The number of carboxylic acids is 1. The van der Waals surface area contributed by atoms with Crippen LogP contribution in [0.5, 0.6) is 0 Å². The standard InChI is InChI=1S/C8H12O4/c1-7-3-8(4-7,6(10)11)5(2-9)12-7/h5,9H,2-4H2,1H3,(H,10,11). The van der Waals surface area contributed by atoms with Gasteiger partial charge in [0.15, 0.2) is 0 Å². The first kappa shape index (κ1) is 8.01. The highest BCUT2D eigenvalue weighted by atomic mass is 16.5. The molecule has 1 aliphatic carbocycles. The van der Waals surface area contributed by atoms with Gasteiger partial charge >= 0.3 is 5.97 Å². The lowest BCUT2D eigenvalue weighted by Gasteiger charge is -2.39. The molecular formula is C8H12O4. The quantitative estimate of drug-likeness (QED) is 0.615. The van der Waals surface area contributed by atoms with Gasteiger partial charge in [-0.15, -0.1) is 0 Å². The highest BCUT2D eigenvalue weighted by molar-refractivity contribution is 5.78. The molecule has 1 saturated carbocycles. The van der Waals surface area contributed by atoms with Crippen LogP contribution in [0.25, 0.3) is 0 Å². The third-order valence-electron chi connectivity index (χ3n) is 3.01. The van der Waals surface area contributed by atoms with Crippen molar-refractivity contribution in [1.82, 2.24) is 0 Å². The molecule has 4 heteroatoms. The van der Waals surface area contributed by atoms with Crippen molar-refractivity contribution in [3.63, 3.8) is 0 Å². The van der Waals surface area contributed by atoms with Crippen LogP contribution in [-0.4, -0.2) is 34.5 Å². The highest BCUT2D eigenvalue weighted by Gasteiger charge is 2.69. The van der Waals surface area contributed by atoms with Crippen molar-refractivity contribution in [2.75, 3.05) is 6.61 Å². The van der Waals surface area contributed by atoms with Crippen LogP contribution >= 0.6 is 0 Å². The van der Waals surface area contributed by atoms with E-state index in [-0.39, 0.29) is 12.2 Å². The van der Waals surface area contributed by atoms with Crippen LogP contribution in [0.3, 0.4) is 0 Å². The van der Waals surface area contributed by atoms with Gasteiger partial charge in [0.2, 0.25) is 0 Å². The van der Waals surface area contributed by atoms with E-state index in [1.807, 2.05) is 6.92 Å². The van der Waals surface area contributed by atoms with E-state index in [1.165, 1.54) is 0 Å². The molecule has 2 saturated heterocycles. The van der Waals surface area contributed by atoms with E-state index >= 15 is 0 Å². The number of aliphatic carboxylic acids is 1. The highest BCUT2D eigenvalue weighted by Crippen LogP contribution is 2.61. The van der Waals surface area contributed by atoms with Crippen molar-refractivity contribution in [2.24, 2.45) is 5.41 Å². The van der Waals surface area contributed by atoms with Crippen molar-refractivity contribution in [1.29, 1.82) is 0 Å². The molecule has 2 aliphatic heterocycles. The molecule has 68 valence electrons. The lowest BCUT2D eigenvalue weighted by atomic mass is 9.61. The van der Waals surface area contributed by atoms with E-state index in [2.05, 4.69) is 0 Å². The Labute approximate surface area is 70.1 Å². The molecule has 3 aliphatic rings. The molecule has 4 nitrogen and oxygen atoms in total. The molecule has 12 heavy (non-hydrogen) atoms. The SMILES string of the molecule is CC12CC(C(=O)O)(C1)C(CO)O2. The number of carbonyl (C=O) groups is 1.